The Morgan fingerprint density at radius 1 is 0.566 bits per heavy atom. The first-order valence-electron chi connectivity index (χ1n) is 18.2. The SMILES string of the molecule is C/C=C\C=C1\C=CC(c2nc(-c3ccc4ccccc4c3)nc(-n3c4ccccc4c4ccc5c6ccccc6n(-c6ccccc6)c5c43)n2)=CC1C. The summed E-state index contributed by atoms with van der Waals surface area (Å²) < 4.78 is 4.65. The fourth-order valence-corrected chi connectivity index (χ4v) is 7.93. The summed E-state index contributed by atoms with van der Waals surface area (Å²) in [5, 5.41) is 6.99. The zero-order valence-corrected chi connectivity index (χ0v) is 29.5. The number of hydrogen-bond donors (Lipinski definition) is 0. The normalized spacial score (nSPS) is 15.5. The average molecular weight is 682 g/mol. The maximum atomic E-state index is 5.35. The van der Waals surface area contributed by atoms with Gasteiger partial charge in [0, 0.05) is 38.4 Å². The van der Waals surface area contributed by atoms with E-state index in [0.717, 1.165) is 55.0 Å². The zero-order chi connectivity index (χ0) is 35.5. The molecule has 0 N–H and O–H groups in total. The van der Waals surface area contributed by atoms with Crippen LogP contribution in [-0.4, -0.2) is 24.1 Å². The van der Waals surface area contributed by atoms with Crippen molar-refractivity contribution in [2.45, 2.75) is 13.8 Å². The van der Waals surface area contributed by atoms with Crippen molar-refractivity contribution in [2.75, 3.05) is 0 Å². The molecule has 53 heavy (non-hydrogen) atoms. The predicted octanol–water partition coefficient (Wildman–Crippen LogP) is 12.0. The molecule has 5 nitrogen and oxygen atoms in total. The molecular formula is C48H35N5. The molecule has 0 bridgehead atoms. The number of para-hydroxylation sites is 3. The van der Waals surface area contributed by atoms with Gasteiger partial charge < -0.3 is 4.57 Å². The predicted molar refractivity (Wildman–Crippen MR) is 221 cm³/mol. The minimum atomic E-state index is 0.199. The summed E-state index contributed by atoms with van der Waals surface area (Å²) in [5.74, 6) is 2.06. The summed E-state index contributed by atoms with van der Waals surface area (Å²) in [6.45, 7) is 4.26. The van der Waals surface area contributed by atoms with Gasteiger partial charge in [-0.15, -0.1) is 0 Å². The lowest BCUT2D eigenvalue weighted by Gasteiger charge is -2.17. The van der Waals surface area contributed by atoms with E-state index in [4.69, 9.17) is 15.0 Å². The lowest BCUT2D eigenvalue weighted by Crippen LogP contribution is -2.10. The van der Waals surface area contributed by atoms with E-state index in [-0.39, 0.29) is 5.92 Å². The van der Waals surface area contributed by atoms with Crippen molar-refractivity contribution in [1.82, 2.24) is 24.1 Å². The first-order valence-corrected chi connectivity index (χ1v) is 18.2. The quantitative estimate of drug-likeness (QED) is 0.182. The van der Waals surface area contributed by atoms with Crippen molar-refractivity contribution >= 4 is 60.0 Å². The highest BCUT2D eigenvalue weighted by Gasteiger charge is 2.24. The number of nitrogens with zero attached hydrogens (tertiary/aromatic N) is 5. The summed E-state index contributed by atoms with van der Waals surface area (Å²) in [5.41, 5.74) is 8.64. The van der Waals surface area contributed by atoms with Crippen LogP contribution >= 0.6 is 0 Å². The minimum absolute atomic E-state index is 0.199. The van der Waals surface area contributed by atoms with Gasteiger partial charge in [0.15, 0.2) is 11.6 Å². The lowest BCUT2D eigenvalue weighted by molar-refractivity contribution is 0.878. The summed E-state index contributed by atoms with van der Waals surface area (Å²) in [6.07, 6.45) is 12.9. The molecule has 3 aromatic heterocycles. The zero-order valence-electron chi connectivity index (χ0n) is 29.5. The van der Waals surface area contributed by atoms with Gasteiger partial charge in [-0.1, -0.05) is 147 Å². The summed E-state index contributed by atoms with van der Waals surface area (Å²) >= 11 is 0. The Kier molecular flexibility index (Phi) is 7.25. The first kappa shape index (κ1) is 30.9. The second-order valence-electron chi connectivity index (χ2n) is 13.7. The molecule has 0 radical (unpaired) electrons. The minimum Gasteiger partial charge on any atom is -0.307 e. The first-order chi connectivity index (χ1) is 26.2. The lowest BCUT2D eigenvalue weighted by atomic mass is 9.92. The van der Waals surface area contributed by atoms with Crippen molar-refractivity contribution in [1.29, 1.82) is 0 Å². The Morgan fingerprint density at radius 2 is 1.21 bits per heavy atom. The largest absolute Gasteiger partial charge is 0.307 e. The fraction of sp³-hybridized carbons (Fsp3) is 0.0625. The van der Waals surface area contributed by atoms with Crippen LogP contribution in [0.4, 0.5) is 0 Å². The molecule has 1 atom stereocenters. The van der Waals surface area contributed by atoms with Crippen molar-refractivity contribution in [2.24, 2.45) is 5.92 Å². The topological polar surface area (TPSA) is 48.5 Å². The number of fused-ring (bicyclic) bond motifs is 8. The van der Waals surface area contributed by atoms with E-state index < -0.39 is 0 Å². The van der Waals surface area contributed by atoms with Gasteiger partial charge >= 0.3 is 0 Å². The average Bonchev–Trinajstić information content (AvgIpc) is 3.73. The van der Waals surface area contributed by atoms with Crippen LogP contribution in [0.5, 0.6) is 0 Å². The summed E-state index contributed by atoms with van der Waals surface area (Å²) in [6, 6.07) is 47.3. The van der Waals surface area contributed by atoms with E-state index in [2.05, 4.69) is 186 Å². The number of rotatable bonds is 5. The molecule has 6 aromatic carbocycles. The van der Waals surface area contributed by atoms with Crippen LogP contribution < -0.4 is 0 Å². The Morgan fingerprint density at radius 3 is 1.94 bits per heavy atom. The smallest absolute Gasteiger partial charge is 0.238 e. The number of allylic oxidation sites excluding steroid dienone is 8. The molecule has 5 heteroatoms. The molecule has 0 spiro atoms. The van der Waals surface area contributed by atoms with Crippen LogP contribution in [0.15, 0.2) is 175 Å². The van der Waals surface area contributed by atoms with Crippen molar-refractivity contribution in [3.8, 4) is 23.0 Å². The molecule has 1 unspecified atom stereocenters. The molecule has 0 saturated heterocycles. The Hall–Kier alpha value is -6.85. The van der Waals surface area contributed by atoms with E-state index in [1.54, 1.807) is 0 Å². The molecule has 10 rings (SSSR count). The summed E-state index contributed by atoms with van der Waals surface area (Å²) in [4.78, 5) is 15.9. The number of hydrogen-bond acceptors (Lipinski definition) is 3. The van der Waals surface area contributed by atoms with Crippen molar-refractivity contribution in [3.63, 3.8) is 0 Å². The fourth-order valence-electron chi connectivity index (χ4n) is 7.93. The second-order valence-corrected chi connectivity index (χ2v) is 13.7. The Balaban J connectivity index is 1.31. The van der Waals surface area contributed by atoms with E-state index in [1.807, 2.05) is 6.92 Å². The Labute approximate surface area is 307 Å². The third kappa shape index (κ3) is 5.04. The Bertz CT molecular complexity index is 3030. The third-order valence-electron chi connectivity index (χ3n) is 10.5. The number of benzene rings is 6. The van der Waals surface area contributed by atoms with Crippen LogP contribution in [-0.2, 0) is 0 Å². The molecule has 0 fully saturated rings. The van der Waals surface area contributed by atoms with Gasteiger partial charge in [-0.05, 0) is 59.5 Å². The van der Waals surface area contributed by atoms with E-state index >= 15 is 0 Å². The van der Waals surface area contributed by atoms with Gasteiger partial charge in [-0.25, -0.2) is 4.98 Å². The molecule has 1 aliphatic carbocycles. The highest BCUT2D eigenvalue weighted by Crippen LogP contribution is 2.41. The standard InChI is InChI=1S/C48H35N5/c1-3-4-14-32-23-25-35(29-31(32)2)46-49-47(36-26-24-33-15-8-9-16-34(33)30-36)51-48(50-46)53-43-22-13-11-20-39(43)41-28-27-40-38-19-10-12-21-42(38)52(44(40)45(41)53)37-17-6-5-7-18-37/h3-31H,1-2H3/b4-3-,32-14-. The molecular weight excluding hydrogens is 647 g/mol. The third-order valence-corrected chi connectivity index (χ3v) is 10.5. The maximum absolute atomic E-state index is 5.35. The van der Waals surface area contributed by atoms with Gasteiger partial charge in [0.1, 0.15) is 0 Å². The molecule has 3 heterocycles. The van der Waals surface area contributed by atoms with Crippen LogP contribution in [0.1, 0.15) is 19.7 Å². The molecule has 1 aliphatic rings. The van der Waals surface area contributed by atoms with Crippen LogP contribution in [0.3, 0.4) is 0 Å². The van der Waals surface area contributed by atoms with Crippen molar-refractivity contribution in [3.05, 3.63) is 181 Å². The highest BCUT2D eigenvalue weighted by molar-refractivity contribution is 6.23. The van der Waals surface area contributed by atoms with E-state index in [1.165, 1.54) is 21.7 Å². The van der Waals surface area contributed by atoms with Gasteiger partial charge in [0.05, 0.1) is 22.1 Å². The van der Waals surface area contributed by atoms with Crippen LogP contribution in [0.2, 0.25) is 0 Å². The summed E-state index contributed by atoms with van der Waals surface area (Å²) in [7, 11) is 0. The van der Waals surface area contributed by atoms with Crippen LogP contribution in [0, 0.1) is 5.92 Å². The second kappa shape index (κ2) is 12.4. The van der Waals surface area contributed by atoms with E-state index in [9.17, 15) is 0 Å². The van der Waals surface area contributed by atoms with Gasteiger partial charge in [0.25, 0.3) is 0 Å². The molecule has 0 aliphatic heterocycles. The molecule has 252 valence electrons. The molecule has 0 amide bonds. The maximum Gasteiger partial charge on any atom is 0.238 e. The number of aromatic nitrogens is 5. The highest BCUT2D eigenvalue weighted by atomic mass is 15.2. The molecule has 9 aromatic rings. The van der Waals surface area contributed by atoms with Gasteiger partial charge in [0.2, 0.25) is 5.95 Å². The van der Waals surface area contributed by atoms with Crippen molar-refractivity contribution < 1.29 is 0 Å². The van der Waals surface area contributed by atoms with E-state index in [0.29, 0.717) is 17.6 Å². The van der Waals surface area contributed by atoms with Gasteiger partial charge in [-0.3, -0.25) is 4.57 Å². The molecule has 0 saturated carbocycles. The van der Waals surface area contributed by atoms with Crippen LogP contribution in [0.25, 0.3) is 83.0 Å². The van der Waals surface area contributed by atoms with Gasteiger partial charge in [-0.2, -0.15) is 9.97 Å². The monoisotopic (exact) mass is 681 g/mol.